The second-order valence-electron chi connectivity index (χ2n) is 6.11. The maximum Gasteiger partial charge on any atom is 0.237 e. The number of halogens is 1. The van der Waals surface area contributed by atoms with Crippen molar-refractivity contribution in [1.82, 2.24) is 15.2 Å². The number of rotatable bonds is 7. The Balaban J connectivity index is 1.67. The van der Waals surface area contributed by atoms with E-state index in [-0.39, 0.29) is 11.2 Å². The van der Waals surface area contributed by atoms with Crippen LogP contribution in [0.25, 0.3) is 11.4 Å². The highest BCUT2D eigenvalue weighted by atomic mass is 35.5. The van der Waals surface area contributed by atoms with Gasteiger partial charge in [0.2, 0.25) is 11.1 Å². The molecule has 28 heavy (non-hydrogen) atoms. The van der Waals surface area contributed by atoms with E-state index < -0.39 is 0 Å². The van der Waals surface area contributed by atoms with Gasteiger partial charge in [-0.3, -0.25) is 9.89 Å². The number of benzene rings is 2. The number of ether oxygens (including phenoxy) is 1. The summed E-state index contributed by atoms with van der Waals surface area (Å²) in [5.74, 6) is 1.06. The first-order valence-corrected chi connectivity index (χ1v) is 10.1. The molecule has 1 heterocycles. The molecule has 0 saturated heterocycles. The molecular formula is C20H21ClN4O2S. The third kappa shape index (κ3) is 4.85. The average molecular weight is 417 g/mol. The SMILES string of the molecule is CCc1ccc(NC(=O)C(C)Sc2n[nH]c(-c3cc(Cl)ccc3OC)n2)cc1. The summed E-state index contributed by atoms with van der Waals surface area (Å²) >= 11 is 7.35. The van der Waals surface area contributed by atoms with Gasteiger partial charge in [0.05, 0.1) is 17.9 Å². The number of hydrogen-bond donors (Lipinski definition) is 2. The molecule has 2 aromatic carbocycles. The monoisotopic (exact) mass is 416 g/mol. The largest absolute Gasteiger partial charge is 0.496 e. The molecule has 3 rings (SSSR count). The van der Waals surface area contributed by atoms with Crippen molar-refractivity contribution in [1.29, 1.82) is 0 Å². The minimum absolute atomic E-state index is 0.110. The minimum Gasteiger partial charge on any atom is -0.496 e. The van der Waals surface area contributed by atoms with Crippen LogP contribution in [0.3, 0.4) is 0 Å². The van der Waals surface area contributed by atoms with Gasteiger partial charge < -0.3 is 10.1 Å². The number of carbonyl (C=O) groups is 1. The molecule has 3 aromatic rings. The van der Waals surface area contributed by atoms with E-state index in [1.165, 1.54) is 17.3 Å². The first-order chi connectivity index (χ1) is 13.5. The molecule has 146 valence electrons. The van der Waals surface area contributed by atoms with Crippen molar-refractivity contribution < 1.29 is 9.53 Å². The van der Waals surface area contributed by atoms with Crippen LogP contribution in [0.4, 0.5) is 5.69 Å². The summed E-state index contributed by atoms with van der Waals surface area (Å²) in [7, 11) is 1.58. The summed E-state index contributed by atoms with van der Waals surface area (Å²) in [6.45, 7) is 3.91. The van der Waals surface area contributed by atoms with Crippen molar-refractivity contribution in [2.24, 2.45) is 0 Å². The Hall–Kier alpha value is -2.51. The fourth-order valence-corrected chi connectivity index (χ4v) is 3.46. The Labute approximate surface area is 173 Å². The van der Waals surface area contributed by atoms with E-state index in [1.807, 2.05) is 31.2 Å². The second-order valence-corrected chi connectivity index (χ2v) is 7.86. The van der Waals surface area contributed by atoms with Crippen LogP contribution in [-0.2, 0) is 11.2 Å². The topological polar surface area (TPSA) is 79.9 Å². The van der Waals surface area contributed by atoms with Crippen LogP contribution in [0.15, 0.2) is 47.6 Å². The lowest BCUT2D eigenvalue weighted by Gasteiger charge is -2.10. The number of amides is 1. The number of nitrogens with zero attached hydrogens (tertiary/aromatic N) is 2. The average Bonchev–Trinajstić information content (AvgIpc) is 3.16. The standard InChI is InChI=1S/C20H21ClN4O2S/c1-4-13-5-8-15(9-6-13)22-19(26)12(2)28-20-23-18(24-25-20)16-11-14(21)7-10-17(16)27-3/h5-12H,4H2,1-3H3,(H,22,26)(H,23,24,25). The van der Waals surface area contributed by atoms with E-state index in [2.05, 4.69) is 27.4 Å². The molecule has 0 spiro atoms. The highest BCUT2D eigenvalue weighted by Gasteiger charge is 2.19. The van der Waals surface area contributed by atoms with E-state index in [0.717, 1.165) is 12.1 Å². The number of hydrogen-bond acceptors (Lipinski definition) is 5. The molecule has 1 amide bonds. The third-order valence-electron chi connectivity index (χ3n) is 4.16. The zero-order valence-electron chi connectivity index (χ0n) is 15.8. The zero-order valence-corrected chi connectivity index (χ0v) is 17.4. The highest BCUT2D eigenvalue weighted by Crippen LogP contribution is 2.31. The molecule has 2 N–H and O–H groups in total. The molecule has 0 aliphatic carbocycles. The van der Waals surface area contributed by atoms with E-state index in [9.17, 15) is 4.79 Å². The van der Waals surface area contributed by atoms with Crippen molar-refractivity contribution in [3.63, 3.8) is 0 Å². The van der Waals surface area contributed by atoms with Crippen molar-refractivity contribution in [2.75, 3.05) is 12.4 Å². The van der Waals surface area contributed by atoms with Gasteiger partial charge in [0.1, 0.15) is 5.75 Å². The lowest BCUT2D eigenvalue weighted by molar-refractivity contribution is -0.115. The molecule has 0 aliphatic heterocycles. The van der Waals surface area contributed by atoms with E-state index in [0.29, 0.717) is 27.3 Å². The maximum atomic E-state index is 12.5. The van der Waals surface area contributed by atoms with Gasteiger partial charge in [-0.05, 0) is 49.2 Å². The van der Waals surface area contributed by atoms with Gasteiger partial charge in [0, 0.05) is 10.7 Å². The number of aromatic amines is 1. The van der Waals surface area contributed by atoms with E-state index in [1.54, 1.807) is 25.3 Å². The van der Waals surface area contributed by atoms with Crippen molar-refractivity contribution in [3.05, 3.63) is 53.1 Å². The number of nitrogens with one attached hydrogen (secondary N) is 2. The summed E-state index contributed by atoms with van der Waals surface area (Å²) < 4.78 is 5.35. The first-order valence-electron chi connectivity index (χ1n) is 8.83. The van der Waals surface area contributed by atoms with Gasteiger partial charge in [0.15, 0.2) is 5.82 Å². The quantitative estimate of drug-likeness (QED) is 0.540. The Morgan fingerprint density at radius 1 is 1.29 bits per heavy atom. The second kappa shape index (κ2) is 9.12. The van der Waals surface area contributed by atoms with Crippen molar-refractivity contribution >= 4 is 35.0 Å². The zero-order chi connectivity index (χ0) is 20.1. The molecule has 1 aromatic heterocycles. The minimum atomic E-state index is -0.365. The summed E-state index contributed by atoms with van der Waals surface area (Å²) in [5.41, 5.74) is 2.71. The Morgan fingerprint density at radius 2 is 2.04 bits per heavy atom. The number of carbonyl (C=O) groups excluding carboxylic acids is 1. The summed E-state index contributed by atoms with van der Waals surface area (Å²) in [6, 6.07) is 13.1. The number of aryl methyl sites for hydroxylation is 1. The fraction of sp³-hybridized carbons (Fsp3) is 0.250. The number of H-pyrrole nitrogens is 1. The highest BCUT2D eigenvalue weighted by molar-refractivity contribution is 8.00. The molecule has 0 saturated carbocycles. The third-order valence-corrected chi connectivity index (χ3v) is 5.36. The predicted octanol–water partition coefficient (Wildman–Crippen LogP) is 4.82. The van der Waals surface area contributed by atoms with Gasteiger partial charge in [-0.2, -0.15) is 0 Å². The van der Waals surface area contributed by atoms with Crippen molar-refractivity contribution in [3.8, 4) is 17.1 Å². The Bertz CT molecular complexity index is 959. The number of methoxy groups -OCH3 is 1. The van der Waals surface area contributed by atoms with Gasteiger partial charge in [-0.25, -0.2) is 4.98 Å². The molecule has 1 unspecified atom stereocenters. The van der Waals surface area contributed by atoms with Gasteiger partial charge in [-0.15, -0.1) is 5.10 Å². The van der Waals surface area contributed by atoms with Crippen LogP contribution >= 0.6 is 23.4 Å². The molecule has 1 atom stereocenters. The molecule has 0 aliphatic rings. The number of anilines is 1. The van der Waals surface area contributed by atoms with Crippen LogP contribution in [-0.4, -0.2) is 33.4 Å². The Kier molecular flexibility index (Phi) is 6.59. The predicted molar refractivity (Wildman–Crippen MR) is 113 cm³/mol. The molecule has 0 radical (unpaired) electrons. The van der Waals surface area contributed by atoms with E-state index in [4.69, 9.17) is 16.3 Å². The van der Waals surface area contributed by atoms with Gasteiger partial charge >= 0.3 is 0 Å². The summed E-state index contributed by atoms with van der Waals surface area (Å²) in [6.07, 6.45) is 0.963. The molecule has 0 bridgehead atoms. The molecule has 6 nitrogen and oxygen atoms in total. The summed E-state index contributed by atoms with van der Waals surface area (Å²) in [5, 5.41) is 10.7. The first kappa shape index (κ1) is 20.2. The van der Waals surface area contributed by atoms with Gasteiger partial charge in [-0.1, -0.05) is 42.4 Å². The summed E-state index contributed by atoms with van der Waals surface area (Å²) in [4.78, 5) is 16.9. The normalized spacial score (nSPS) is 11.9. The van der Waals surface area contributed by atoms with Crippen LogP contribution < -0.4 is 10.1 Å². The number of aromatic nitrogens is 3. The lowest BCUT2D eigenvalue weighted by Crippen LogP contribution is -2.22. The van der Waals surface area contributed by atoms with Crippen LogP contribution in [0.2, 0.25) is 5.02 Å². The maximum absolute atomic E-state index is 12.5. The molecule has 0 fully saturated rings. The molecule has 8 heteroatoms. The molecular weight excluding hydrogens is 396 g/mol. The van der Waals surface area contributed by atoms with Gasteiger partial charge in [0.25, 0.3) is 0 Å². The fourth-order valence-electron chi connectivity index (χ4n) is 2.56. The van der Waals surface area contributed by atoms with Crippen LogP contribution in [0.1, 0.15) is 19.4 Å². The van der Waals surface area contributed by atoms with Crippen LogP contribution in [0, 0.1) is 0 Å². The number of thioether (sulfide) groups is 1. The van der Waals surface area contributed by atoms with Crippen molar-refractivity contribution in [2.45, 2.75) is 30.7 Å². The Morgan fingerprint density at radius 3 is 2.71 bits per heavy atom. The lowest BCUT2D eigenvalue weighted by atomic mass is 10.1. The van der Waals surface area contributed by atoms with E-state index >= 15 is 0 Å². The van der Waals surface area contributed by atoms with Crippen LogP contribution in [0.5, 0.6) is 5.75 Å². The smallest absolute Gasteiger partial charge is 0.237 e.